The van der Waals surface area contributed by atoms with Crippen LogP contribution in [0.5, 0.6) is 0 Å². The SMILES string of the molecule is CN1CCCC2CN(c3ncccc3Br)CCC21. The predicted octanol–water partition coefficient (Wildman–Crippen LogP) is 2.76. The van der Waals surface area contributed by atoms with Gasteiger partial charge in [0.15, 0.2) is 0 Å². The van der Waals surface area contributed by atoms with Crippen molar-refractivity contribution in [1.82, 2.24) is 9.88 Å². The largest absolute Gasteiger partial charge is 0.355 e. The van der Waals surface area contributed by atoms with E-state index in [1.165, 1.54) is 25.8 Å². The Bertz CT molecular complexity index is 423. The van der Waals surface area contributed by atoms with Crippen LogP contribution in [-0.2, 0) is 0 Å². The van der Waals surface area contributed by atoms with Crippen LogP contribution in [0.25, 0.3) is 0 Å². The molecule has 0 radical (unpaired) electrons. The van der Waals surface area contributed by atoms with E-state index < -0.39 is 0 Å². The van der Waals surface area contributed by atoms with Gasteiger partial charge in [-0.3, -0.25) is 0 Å². The maximum Gasteiger partial charge on any atom is 0.142 e. The van der Waals surface area contributed by atoms with Crippen molar-refractivity contribution in [3.05, 3.63) is 22.8 Å². The lowest BCUT2D eigenvalue weighted by molar-refractivity contribution is 0.102. The molecular formula is C14H20BrN3. The van der Waals surface area contributed by atoms with Gasteiger partial charge in [0, 0.05) is 25.3 Å². The summed E-state index contributed by atoms with van der Waals surface area (Å²) in [6, 6.07) is 4.85. The van der Waals surface area contributed by atoms with Gasteiger partial charge >= 0.3 is 0 Å². The van der Waals surface area contributed by atoms with Crippen molar-refractivity contribution in [2.45, 2.75) is 25.3 Å². The van der Waals surface area contributed by atoms with Gasteiger partial charge in [0.05, 0.1) is 4.47 Å². The van der Waals surface area contributed by atoms with Crippen LogP contribution >= 0.6 is 15.9 Å². The average molecular weight is 310 g/mol. The van der Waals surface area contributed by atoms with E-state index in [2.05, 4.69) is 43.8 Å². The number of hydrogen-bond donors (Lipinski definition) is 0. The van der Waals surface area contributed by atoms with E-state index in [1.807, 2.05) is 12.3 Å². The van der Waals surface area contributed by atoms with E-state index in [4.69, 9.17) is 0 Å². The topological polar surface area (TPSA) is 19.4 Å². The molecule has 2 saturated heterocycles. The molecule has 18 heavy (non-hydrogen) atoms. The van der Waals surface area contributed by atoms with Gasteiger partial charge in [-0.15, -0.1) is 0 Å². The molecule has 0 aromatic carbocycles. The Morgan fingerprint density at radius 3 is 3.06 bits per heavy atom. The first kappa shape index (κ1) is 12.4. The zero-order chi connectivity index (χ0) is 12.5. The fourth-order valence-electron chi connectivity index (χ4n) is 3.45. The van der Waals surface area contributed by atoms with Gasteiger partial charge in [-0.1, -0.05) is 0 Å². The van der Waals surface area contributed by atoms with E-state index in [0.717, 1.165) is 35.3 Å². The van der Waals surface area contributed by atoms with Crippen molar-refractivity contribution in [2.75, 3.05) is 31.6 Å². The Hall–Kier alpha value is -0.610. The van der Waals surface area contributed by atoms with Gasteiger partial charge in [-0.25, -0.2) is 4.98 Å². The second-order valence-corrected chi connectivity index (χ2v) is 6.35. The van der Waals surface area contributed by atoms with Gasteiger partial charge in [0.2, 0.25) is 0 Å². The third-order valence-corrected chi connectivity index (χ3v) is 5.00. The van der Waals surface area contributed by atoms with Gasteiger partial charge in [0.25, 0.3) is 0 Å². The standard InChI is InChI=1S/C14H20BrN3/c1-17-8-3-4-11-10-18(9-6-13(11)17)14-12(15)5-2-7-16-14/h2,5,7,11,13H,3-4,6,8-10H2,1H3. The molecule has 4 heteroatoms. The van der Waals surface area contributed by atoms with Crippen LogP contribution in [0.4, 0.5) is 5.82 Å². The summed E-state index contributed by atoms with van der Waals surface area (Å²) in [5, 5.41) is 0. The molecular weight excluding hydrogens is 290 g/mol. The third kappa shape index (κ3) is 2.28. The highest BCUT2D eigenvalue weighted by molar-refractivity contribution is 9.10. The first-order valence-corrected chi connectivity index (χ1v) is 7.60. The van der Waals surface area contributed by atoms with E-state index in [9.17, 15) is 0 Å². The molecule has 2 unspecified atom stereocenters. The zero-order valence-electron chi connectivity index (χ0n) is 10.8. The summed E-state index contributed by atoms with van der Waals surface area (Å²) in [5.74, 6) is 1.93. The summed E-state index contributed by atoms with van der Waals surface area (Å²) in [6.07, 6.45) is 5.87. The third-order valence-electron chi connectivity index (χ3n) is 4.38. The summed E-state index contributed by atoms with van der Waals surface area (Å²) in [5.41, 5.74) is 0. The number of pyridine rings is 1. The number of rotatable bonds is 1. The van der Waals surface area contributed by atoms with E-state index in [-0.39, 0.29) is 0 Å². The maximum absolute atomic E-state index is 4.52. The number of anilines is 1. The molecule has 2 atom stereocenters. The quantitative estimate of drug-likeness (QED) is 0.795. The molecule has 3 heterocycles. The van der Waals surface area contributed by atoms with E-state index in [0.29, 0.717) is 0 Å². The lowest BCUT2D eigenvalue weighted by Gasteiger charge is -2.46. The molecule has 3 nitrogen and oxygen atoms in total. The molecule has 0 saturated carbocycles. The Morgan fingerprint density at radius 2 is 2.22 bits per heavy atom. The number of fused-ring (bicyclic) bond motifs is 1. The molecule has 0 N–H and O–H groups in total. The van der Waals surface area contributed by atoms with Gasteiger partial charge < -0.3 is 9.80 Å². The molecule has 98 valence electrons. The number of nitrogens with zero attached hydrogens (tertiary/aromatic N) is 3. The van der Waals surface area contributed by atoms with Crippen molar-refractivity contribution >= 4 is 21.7 Å². The minimum Gasteiger partial charge on any atom is -0.355 e. The fraction of sp³-hybridized carbons (Fsp3) is 0.643. The first-order valence-electron chi connectivity index (χ1n) is 6.81. The second-order valence-electron chi connectivity index (χ2n) is 5.49. The minimum absolute atomic E-state index is 0.789. The molecule has 0 spiro atoms. The van der Waals surface area contributed by atoms with Crippen LogP contribution in [0.2, 0.25) is 0 Å². The van der Waals surface area contributed by atoms with Crippen molar-refractivity contribution in [3.8, 4) is 0 Å². The number of halogens is 1. The zero-order valence-corrected chi connectivity index (χ0v) is 12.4. The van der Waals surface area contributed by atoms with Gasteiger partial charge in [-0.05, 0) is 66.8 Å². The van der Waals surface area contributed by atoms with Crippen LogP contribution < -0.4 is 4.90 Å². The van der Waals surface area contributed by atoms with Crippen molar-refractivity contribution in [2.24, 2.45) is 5.92 Å². The highest BCUT2D eigenvalue weighted by Gasteiger charge is 2.34. The minimum atomic E-state index is 0.789. The molecule has 2 fully saturated rings. The molecule has 3 rings (SSSR count). The lowest BCUT2D eigenvalue weighted by Crippen LogP contribution is -2.53. The number of piperidine rings is 2. The summed E-state index contributed by atoms with van der Waals surface area (Å²) in [4.78, 5) is 9.53. The van der Waals surface area contributed by atoms with Crippen LogP contribution in [-0.4, -0.2) is 42.6 Å². The van der Waals surface area contributed by atoms with Gasteiger partial charge in [0.1, 0.15) is 5.82 Å². The summed E-state index contributed by atoms with van der Waals surface area (Å²) in [6.45, 7) is 3.56. The molecule has 1 aromatic heterocycles. The summed E-state index contributed by atoms with van der Waals surface area (Å²) < 4.78 is 1.12. The predicted molar refractivity (Wildman–Crippen MR) is 77.9 cm³/mol. The smallest absolute Gasteiger partial charge is 0.142 e. The Labute approximate surface area is 117 Å². The van der Waals surface area contributed by atoms with E-state index >= 15 is 0 Å². The first-order chi connectivity index (χ1) is 8.75. The lowest BCUT2D eigenvalue weighted by atomic mass is 9.84. The van der Waals surface area contributed by atoms with Crippen molar-refractivity contribution in [1.29, 1.82) is 0 Å². The second kappa shape index (κ2) is 5.17. The Balaban J connectivity index is 1.76. The summed E-state index contributed by atoms with van der Waals surface area (Å²) in [7, 11) is 2.28. The normalized spacial score (nSPS) is 29.1. The fourth-order valence-corrected chi connectivity index (χ4v) is 3.96. The molecule has 0 amide bonds. The Kier molecular flexibility index (Phi) is 3.57. The van der Waals surface area contributed by atoms with Gasteiger partial charge in [-0.2, -0.15) is 0 Å². The number of aromatic nitrogens is 1. The van der Waals surface area contributed by atoms with Crippen molar-refractivity contribution in [3.63, 3.8) is 0 Å². The molecule has 2 aliphatic heterocycles. The maximum atomic E-state index is 4.52. The highest BCUT2D eigenvalue weighted by atomic mass is 79.9. The molecule has 2 aliphatic rings. The molecule has 1 aromatic rings. The number of hydrogen-bond acceptors (Lipinski definition) is 3. The summed E-state index contributed by atoms with van der Waals surface area (Å²) >= 11 is 3.62. The molecule has 0 aliphatic carbocycles. The van der Waals surface area contributed by atoms with Crippen LogP contribution in [0.3, 0.4) is 0 Å². The van der Waals surface area contributed by atoms with Crippen LogP contribution in [0.15, 0.2) is 22.8 Å². The van der Waals surface area contributed by atoms with Crippen LogP contribution in [0, 0.1) is 5.92 Å². The number of likely N-dealkylation sites (tertiary alicyclic amines) is 1. The highest BCUT2D eigenvalue weighted by Crippen LogP contribution is 2.33. The van der Waals surface area contributed by atoms with Crippen LogP contribution in [0.1, 0.15) is 19.3 Å². The monoisotopic (exact) mass is 309 g/mol. The average Bonchev–Trinajstić information content (AvgIpc) is 2.39. The van der Waals surface area contributed by atoms with E-state index in [1.54, 1.807) is 0 Å². The van der Waals surface area contributed by atoms with Crippen molar-refractivity contribution < 1.29 is 0 Å². The molecule has 0 bridgehead atoms. The Morgan fingerprint density at radius 1 is 1.33 bits per heavy atom.